The second-order valence-corrected chi connectivity index (χ2v) is 7.93. The Labute approximate surface area is 155 Å². The molecule has 0 atom stereocenters. The molecule has 0 aliphatic carbocycles. The number of rotatable bonds is 6. The first-order valence-corrected chi connectivity index (χ1v) is 9.59. The third-order valence-electron chi connectivity index (χ3n) is 4.28. The summed E-state index contributed by atoms with van der Waals surface area (Å²) in [7, 11) is -1.15. The number of ether oxygens (including phenoxy) is 2. The van der Waals surface area contributed by atoms with Gasteiger partial charge < -0.3 is 14.8 Å². The summed E-state index contributed by atoms with van der Waals surface area (Å²) in [6, 6.07) is 4.38. The van der Waals surface area contributed by atoms with E-state index in [-0.39, 0.29) is 36.6 Å². The average molecular weight is 410 g/mol. The van der Waals surface area contributed by atoms with E-state index in [2.05, 4.69) is 0 Å². The van der Waals surface area contributed by atoms with Gasteiger partial charge in [0, 0.05) is 25.1 Å². The van der Waals surface area contributed by atoms with Crippen molar-refractivity contribution in [1.29, 1.82) is 0 Å². The molecule has 152 valence electrons. The number of piperidine rings is 1. The molecule has 0 unspecified atom stereocenters. The SMILES string of the molecule is COc1ccc(OC)c(S(=O)(=O)N2CCC(C(=O)NCC(F)(F)F)CC2)c1. The predicted molar refractivity (Wildman–Crippen MR) is 90.1 cm³/mol. The van der Waals surface area contributed by atoms with Crippen LogP contribution in [0.2, 0.25) is 0 Å². The minimum Gasteiger partial charge on any atom is -0.497 e. The fourth-order valence-corrected chi connectivity index (χ4v) is 4.46. The van der Waals surface area contributed by atoms with Gasteiger partial charge in [0.15, 0.2) is 0 Å². The highest BCUT2D eigenvalue weighted by atomic mass is 32.2. The van der Waals surface area contributed by atoms with Gasteiger partial charge in [-0.1, -0.05) is 0 Å². The molecule has 1 fully saturated rings. The number of benzene rings is 1. The van der Waals surface area contributed by atoms with Gasteiger partial charge >= 0.3 is 6.18 Å². The summed E-state index contributed by atoms with van der Waals surface area (Å²) < 4.78 is 73.8. The molecule has 1 aliphatic rings. The molecule has 0 spiro atoms. The zero-order valence-electron chi connectivity index (χ0n) is 14.9. The van der Waals surface area contributed by atoms with E-state index in [1.165, 1.54) is 30.7 Å². The molecule has 7 nitrogen and oxygen atoms in total. The smallest absolute Gasteiger partial charge is 0.405 e. The molecular weight excluding hydrogens is 389 g/mol. The van der Waals surface area contributed by atoms with Gasteiger partial charge in [-0.25, -0.2) is 8.42 Å². The molecule has 1 aliphatic heterocycles. The number of carbonyl (C=O) groups excluding carboxylic acids is 1. The molecule has 0 bridgehead atoms. The van der Waals surface area contributed by atoms with Crippen LogP contribution in [0.1, 0.15) is 12.8 Å². The topological polar surface area (TPSA) is 84.9 Å². The maximum Gasteiger partial charge on any atom is 0.405 e. The molecule has 0 saturated carbocycles. The number of methoxy groups -OCH3 is 2. The molecule has 27 heavy (non-hydrogen) atoms. The Balaban J connectivity index is 2.08. The summed E-state index contributed by atoms with van der Waals surface area (Å²) in [6.45, 7) is -1.36. The molecule has 1 heterocycles. The maximum atomic E-state index is 12.9. The van der Waals surface area contributed by atoms with Crippen LogP contribution >= 0.6 is 0 Å². The van der Waals surface area contributed by atoms with Gasteiger partial charge in [-0.2, -0.15) is 17.5 Å². The van der Waals surface area contributed by atoms with Crippen LogP contribution in [0, 0.1) is 5.92 Å². The van der Waals surface area contributed by atoms with Gasteiger partial charge in [-0.3, -0.25) is 4.79 Å². The lowest BCUT2D eigenvalue weighted by atomic mass is 9.97. The molecule has 1 aromatic rings. The van der Waals surface area contributed by atoms with E-state index in [0.717, 1.165) is 0 Å². The van der Waals surface area contributed by atoms with Gasteiger partial charge in [0.2, 0.25) is 15.9 Å². The molecule has 0 radical (unpaired) electrons. The van der Waals surface area contributed by atoms with Crippen LogP contribution in [0.25, 0.3) is 0 Å². The summed E-state index contributed by atoms with van der Waals surface area (Å²) >= 11 is 0. The summed E-state index contributed by atoms with van der Waals surface area (Å²) in [4.78, 5) is 11.8. The quantitative estimate of drug-likeness (QED) is 0.773. The molecule has 0 aromatic heterocycles. The lowest BCUT2D eigenvalue weighted by molar-refractivity contribution is -0.141. The van der Waals surface area contributed by atoms with Crippen LogP contribution < -0.4 is 14.8 Å². The molecule has 1 N–H and O–H groups in total. The predicted octanol–water partition coefficient (Wildman–Crippen LogP) is 1.78. The minimum absolute atomic E-state index is 0.0206. The number of hydrogen-bond donors (Lipinski definition) is 1. The minimum atomic E-state index is -4.48. The zero-order valence-corrected chi connectivity index (χ0v) is 15.7. The van der Waals surface area contributed by atoms with Gasteiger partial charge in [0.1, 0.15) is 22.9 Å². The van der Waals surface area contributed by atoms with E-state index in [0.29, 0.717) is 5.75 Å². The van der Waals surface area contributed by atoms with Crippen molar-refractivity contribution in [3.05, 3.63) is 18.2 Å². The summed E-state index contributed by atoms with van der Waals surface area (Å²) in [6.07, 6.45) is -4.22. The molecule has 1 aromatic carbocycles. The number of carbonyl (C=O) groups is 1. The number of hydrogen-bond acceptors (Lipinski definition) is 5. The first-order chi connectivity index (χ1) is 12.6. The Morgan fingerprint density at radius 2 is 1.85 bits per heavy atom. The van der Waals surface area contributed by atoms with Gasteiger partial charge in [0.05, 0.1) is 14.2 Å². The number of halogens is 3. The van der Waals surface area contributed by atoms with Gasteiger partial charge in [-0.05, 0) is 25.0 Å². The zero-order chi connectivity index (χ0) is 20.2. The highest BCUT2D eigenvalue weighted by Crippen LogP contribution is 2.32. The monoisotopic (exact) mass is 410 g/mol. The molecule has 2 rings (SSSR count). The standard InChI is InChI=1S/C16H21F3N2O5S/c1-25-12-3-4-13(26-2)14(9-12)27(23,24)21-7-5-11(6-8-21)15(22)20-10-16(17,18)19/h3-4,9,11H,5-8,10H2,1-2H3,(H,20,22). The van der Waals surface area contributed by atoms with Crippen molar-refractivity contribution in [1.82, 2.24) is 9.62 Å². The summed E-state index contributed by atoms with van der Waals surface area (Å²) in [5.74, 6) is -0.883. The number of nitrogens with one attached hydrogen (secondary N) is 1. The Morgan fingerprint density at radius 3 is 2.37 bits per heavy atom. The molecule has 11 heteroatoms. The maximum absolute atomic E-state index is 12.9. The molecule has 1 saturated heterocycles. The summed E-state index contributed by atoms with van der Waals surface area (Å²) in [5, 5.41) is 1.84. The second kappa shape index (κ2) is 8.34. The van der Waals surface area contributed by atoms with Crippen LogP contribution in [-0.4, -0.2) is 58.7 Å². The van der Waals surface area contributed by atoms with Crippen molar-refractivity contribution >= 4 is 15.9 Å². The van der Waals surface area contributed by atoms with Crippen LogP contribution in [-0.2, 0) is 14.8 Å². The van der Waals surface area contributed by atoms with Crippen molar-refractivity contribution in [2.24, 2.45) is 5.92 Å². The third kappa shape index (κ3) is 5.25. The van der Waals surface area contributed by atoms with Crippen molar-refractivity contribution in [2.45, 2.75) is 23.9 Å². The number of sulfonamides is 1. The molecule has 1 amide bonds. The summed E-state index contributed by atoms with van der Waals surface area (Å²) in [5.41, 5.74) is 0. The van der Waals surface area contributed by atoms with E-state index in [1.807, 2.05) is 5.32 Å². The lowest BCUT2D eigenvalue weighted by Gasteiger charge is -2.31. The Morgan fingerprint density at radius 1 is 1.22 bits per heavy atom. The molecular formula is C16H21F3N2O5S. The number of nitrogens with zero attached hydrogens (tertiary/aromatic N) is 1. The Hall–Kier alpha value is -2.01. The fourth-order valence-electron chi connectivity index (χ4n) is 2.81. The fraction of sp³-hybridized carbons (Fsp3) is 0.562. The van der Waals surface area contributed by atoms with Crippen molar-refractivity contribution in [3.8, 4) is 11.5 Å². The van der Waals surface area contributed by atoms with Crippen LogP contribution in [0.5, 0.6) is 11.5 Å². The third-order valence-corrected chi connectivity index (χ3v) is 6.20. The normalized spacial score (nSPS) is 16.8. The Bertz CT molecular complexity index is 775. The largest absolute Gasteiger partial charge is 0.497 e. The highest BCUT2D eigenvalue weighted by Gasteiger charge is 2.35. The first kappa shape index (κ1) is 21.3. The van der Waals surface area contributed by atoms with Crippen LogP contribution in [0.4, 0.5) is 13.2 Å². The van der Waals surface area contributed by atoms with Crippen LogP contribution in [0.15, 0.2) is 23.1 Å². The lowest BCUT2D eigenvalue weighted by Crippen LogP contribution is -2.44. The number of alkyl halides is 3. The number of amides is 1. The van der Waals surface area contributed by atoms with Crippen molar-refractivity contribution in [3.63, 3.8) is 0 Å². The second-order valence-electron chi connectivity index (χ2n) is 6.03. The Kier molecular flexibility index (Phi) is 6.58. The van der Waals surface area contributed by atoms with Crippen molar-refractivity contribution < 1.29 is 35.9 Å². The van der Waals surface area contributed by atoms with Crippen molar-refractivity contribution in [2.75, 3.05) is 33.9 Å². The van der Waals surface area contributed by atoms with E-state index in [9.17, 15) is 26.4 Å². The van der Waals surface area contributed by atoms with Crippen LogP contribution in [0.3, 0.4) is 0 Å². The van der Waals surface area contributed by atoms with E-state index < -0.39 is 34.6 Å². The first-order valence-electron chi connectivity index (χ1n) is 8.15. The average Bonchev–Trinajstić information content (AvgIpc) is 2.65. The van der Waals surface area contributed by atoms with Gasteiger partial charge in [0.25, 0.3) is 0 Å². The van der Waals surface area contributed by atoms with E-state index in [1.54, 1.807) is 6.07 Å². The van der Waals surface area contributed by atoms with E-state index >= 15 is 0 Å². The highest BCUT2D eigenvalue weighted by molar-refractivity contribution is 7.89. The van der Waals surface area contributed by atoms with E-state index in [4.69, 9.17) is 9.47 Å². The van der Waals surface area contributed by atoms with Gasteiger partial charge in [-0.15, -0.1) is 0 Å².